The van der Waals surface area contributed by atoms with Crippen LogP contribution in [0.3, 0.4) is 0 Å². The van der Waals surface area contributed by atoms with Crippen LogP contribution in [0.15, 0.2) is 42.5 Å². The molecular weight excluding hydrogens is 338 g/mol. The molecule has 2 aromatic carbocycles. The molecule has 0 bridgehead atoms. The molecule has 5 heteroatoms. The summed E-state index contributed by atoms with van der Waals surface area (Å²) >= 11 is 0. The highest BCUT2D eigenvalue weighted by molar-refractivity contribution is 5.86. The predicted molar refractivity (Wildman–Crippen MR) is 105 cm³/mol. The van der Waals surface area contributed by atoms with Crippen LogP contribution in [0, 0.1) is 11.3 Å². The standard InChI is InChI=1S/C22H23N3O2/c1-21(2)12-19(24-18-8-7-14(13-23)11-16(18)21)15-5-3-4-6-17(15)25-22(9-10-22)20(26)27/h3-8,11,19,24-25H,9-10,12H2,1-2H3,(H,26,27). The Balaban J connectivity index is 1.69. The molecule has 1 aliphatic heterocycles. The summed E-state index contributed by atoms with van der Waals surface area (Å²) in [6.45, 7) is 4.38. The van der Waals surface area contributed by atoms with Crippen LogP contribution >= 0.6 is 0 Å². The molecule has 2 aromatic rings. The van der Waals surface area contributed by atoms with Gasteiger partial charge in [-0.1, -0.05) is 32.0 Å². The summed E-state index contributed by atoms with van der Waals surface area (Å²) in [4.78, 5) is 11.6. The molecule has 2 aliphatic rings. The molecule has 0 radical (unpaired) electrons. The summed E-state index contributed by atoms with van der Waals surface area (Å²) in [5, 5.41) is 25.6. The molecule has 27 heavy (non-hydrogen) atoms. The number of para-hydroxylation sites is 1. The molecule has 0 amide bonds. The van der Waals surface area contributed by atoms with Crippen LogP contribution in [-0.2, 0) is 10.2 Å². The van der Waals surface area contributed by atoms with Crippen LogP contribution in [0.4, 0.5) is 11.4 Å². The smallest absolute Gasteiger partial charge is 0.329 e. The zero-order valence-corrected chi connectivity index (χ0v) is 15.5. The zero-order chi connectivity index (χ0) is 19.2. The number of anilines is 2. The first-order valence-corrected chi connectivity index (χ1v) is 9.26. The van der Waals surface area contributed by atoms with Gasteiger partial charge in [-0.2, -0.15) is 5.26 Å². The van der Waals surface area contributed by atoms with Crippen molar-refractivity contribution in [3.63, 3.8) is 0 Å². The van der Waals surface area contributed by atoms with E-state index in [2.05, 4.69) is 36.6 Å². The Hall–Kier alpha value is -3.00. The molecule has 1 saturated carbocycles. The molecule has 0 saturated heterocycles. The van der Waals surface area contributed by atoms with Gasteiger partial charge in [-0.3, -0.25) is 0 Å². The van der Waals surface area contributed by atoms with Crippen molar-refractivity contribution < 1.29 is 9.90 Å². The number of nitriles is 1. The van der Waals surface area contributed by atoms with Gasteiger partial charge in [-0.05, 0) is 60.1 Å². The molecule has 138 valence electrons. The van der Waals surface area contributed by atoms with Gasteiger partial charge in [0.15, 0.2) is 0 Å². The quantitative estimate of drug-likeness (QED) is 0.750. The molecule has 1 unspecified atom stereocenters. The summed E-state index contributed by atoms with van der Waals surface area (Å²) in [6.07, 6.45) is 2.16. The topological polar surface area (TPSA) is 85.2 Å². The van der Waals surface area contributed by atoms with Crippen LogP contribution < -0.4 is 10.6 Å². The number of nitrogens with zero attached hydrogens (tertiary/aromatic N) is 1. The van der Waals surface area contributed by atoms with Crippen molar-refractivity contribution >= 4 is 17.3 Å². The van der Waals surface area contributed by atoms with Crippen molar-refractivity contribution in [3.8, 4) is 6.07 Å². The third-order valence-corrected chi connectivity index (χ3v) is 5.79. The number of hydrogen-bond acceptors (Lipinski definition) is 4. The first-order chi connectivity index (χ1) is 12.8. The van der Waals surface area contributed by atoms with Gasteiger partial charge < -0.3 is 15.7 Å². The van der Waals surface area contributed by atoms with Crippen molar-refractivity contribution in [2.75, 3.05) is 10.6 Å². The van der Waals surface area contributed by atoms with E-state index in [1.807, 2.05) is 36.4 Å². The Morgan fingerprint density at radius 3 is 2.67 bits per heavy atom. The second-order valence-corrected chi connectivity index (χ2v) is 8.26. The van der Waals surface area contributed by atoms with Gasteiger partial charge in [0.2, 0.25) is 0 Å². The highest BCUT2D eigenvalue weighted by Crippen LogP contribution is 2.47. The Morgan fingerprint density at radius 1 is 1.26 bits per heavy atom. The van der Waals surface area contributed by atoms with E-state index in [1.54, 1.807) is 0 Å². The van der Waals surface area contributed by atoms with Gasteiger partial charge in [0.1, 0.15) is 5.54 Å². The van der Waals surface area contributed by atoms with E-state index in [1.165, 1.54) is 0 Å². The van der Waals surface area contributed by atoms with Gasteiger partial charge in [0.05, 0.1) is 17.7 Å². The van der Waals surface area contributed by atoms with Crippen LogP contribution in [0.25, 0.3) is 0 Å². The summed E-state index contributed by atoms with van der Waals surface area (Å²) in [6, 6.07) is 16.0. The SMILES string of the molecule is CC1(C)CC(c2ccccc2NC2(C(=O)O)CC2)Nc2ccc(C#N)cc21. The average Bonchev–Trinajstić information content (AvgIpc) is 3.42. The number of hydrogen-bond donors (Lipinski definition) is 3. The third kappa shape index (κ3) is 3.02. The van der Waals surface area contributed by atoms with Crippen LogP contribution in [0.2, 0.25) is 0 Å². The first-order valence-electron chi connectivity index (χ1n) is 9.26. The monoisotopic (exact) mass is 361 g/mol. The Bertz CT molecular complexity index is 954. The lowest BCUT2D eigenvalue weighted by Crippen LogP contribution is -2.34. The van der Waals surface area contributed by atoms with Crippen LogP contribution in [-0.4, -0.2) is 16.6 Å². The number of benzene rings is 2. The van der Waals surface area contributed by atoms with Crippen molar-refractivity contribution in [1.82, 2.24) is 0 Å². The molecular formula is C22H23N3O2. The molecule has 0 aromatic heterocycles. The van der Waals surface area contributed by atoms with E-state index in [9.17, 15) is 15.2 Å². The third-order valence-electron chi connectivity index (χ3n) is 5.79. The van der Waals surface area contributed by atoms with Crippen molar-refractivity contribution in [2.24, 2.45) is 0 Å². The lowest BCUT2D eigenvalue weighted by atomic mass is 9.73. The molecule has 3 N–H and O–H groups in total. The minimum absolute atomic E-state index is 0.0636. The summed E-state index contributed by atoms with van der Waals surface area (Å²) in [5.41, 5.74) is 3.88. The van der Waals surface area contributed by atoms with Gasteiger partial charge >= 0.3 is 5.97 Å². The Kier molecular flexibility index (Phi) is 3.88. The number of nitrogens with one attached hydrogen (secondary N) is 2. The zero-order valence-electron chi connectivity index (χ0n) is 15.5. The van der Waals surface area contributed by atoms with Crippen molar-refractivity contribution in [2.45, 2.75) is 50.1 Å². The highest BCUT2D eigenvalue weighted by atomic mass is 16.4. The number of aliphatic carboxylic acids is 1. The van der Waals surface area contributed by atoms with Gasteiger partial charge in [0, 0.05) is 11.4 Å². The maximum absolute atomic E-state index is 11.6. The molecule has 1 heterocycles. The normalized spacial score (nSPS) is 21.3. The maximum atomic E-state index is 11.6. The van der Waals surface area contributed by atoms with E-state index >= 15 is 0 Å². The highest BCUT2D eigenvalue weighted by Gasteiger charge is 2.51. The second-order valence-electron chi connectivity index (χ2n) is 8.26. The number of carboxylic acid groups (broad SMARTS) is 1. The van der Waals surface area contributed by atoms with Crippen LogP contribution in [0.1, 0.15) is 55.8 Å². The van der Waals surface area contributed by atoms with Crippen molar-refractivity contribution in [1.29, 1.82) is 5.26 Å². The lowest BCUT2D eigenvalue weighted by Gasteiger charge is -2.39. The van der Waals surface area contributed by atoms with E-state index in [0.29, 0.717) is 18.4 Å². The molecule has 1 fully saturated rings. The minimum Gasteiger partial charge on any atom is -0.480 e. The first kappa shape index (κ1) is 17.4. The largest absolute Gasteiger partial charge is 0.480 e. The van der Waals surface area contributed by atoms with E-state index < -0.39 is 11.5 Å². The van der Waals surface area contributed by atoms with E-state index in [4.69, 9.17) is 0 Å². The summed E-state index contributed by atoms with van der Waals surface area (Å²) < 4.78 is 0. The number of carboxylic acids is 1. The fourth-order valence-corrected chi connectivity index (χ4v) is 4.04. The molecule has 1 atom stereocenters. The molecule has 0 spiro atoms. The van der Waals surface area contributed by atoms with Crippen LogP contribution in [0.5, 0.6) is 0 Å². The predicted octanol–water partition coefficient (Wildman–Crippen LogP) is 4.42. The minimum atomic E-state index is -0.820. The summed E-state index contributed by atoms with van der Waals surface area (Å²) in [5.74, 6) is -0.788. The average molecular weight is 361 g/mol. The molecule has 1 aliphatic carbocycles. The van der Waals surface area contributed by atoms with E-state index in [-0.39, 0.29) is 11.5 Å². The number of carbonyl (C=O) groups is 1. The maximum Gasteiger partial charge on any atom is 0.329 e. The van der Waals surface area contributed by atoms with Crippen molar-refractivity contribution in [3.05, 3.63) is 59.2 Å². The van der Waals surface area contributed by atoms with Gasteiger partial charge in [-0.15, -0.1) is 0 Å². The fourth-order valence-electron chi connectivity index (χ4n) is 4.04. The lowest BCUT2D eigenvalue weighted by molar-refractivity contribution is -0.138. The van der Waals surface area contributed by atoms with Gasteiger partial charge in [0.25, 0.3) is 0 Å². The fraction of sp³-hybridized carbons (Fsp3) is 0.364. The number of rotatable bonds is 4. The molecule has 4 rings (SSSR count). The number of fused-ring (bicyclic) bond motifs is 1. The molecule has 5 nitrogen and oxygen atoms in total. The van der Waals surface area contributed by atoms with E-state index in [0.717, 1.165) is 28.9 Å². The second kappa shape index (κ2) is 6.02. The Morgan fingerprint density at radius 2 is 2.00 bits per heavy atom. The summed E-state index contributed by atoms with van der Waals surface area (Å²) in [7, 11) is 0. The van der Waals surface area contributed by atoms with Gasteiger partial charge in [-0.25, -0.2) is 4.79 Å². The Labute approximate surface area is 159 Å².